The Balaban J connectivity index is 2.00. The fraction of sp³-hybridized carbons (Fsp3) is 0.455. The van der Waals surface area contributed by atoms with Gasteiger partial charge >= 0.3 is 7.82 Å². The van der Waals surface area contributed by atoms with Gasteiger partial charge in [-0.15, -0.1) is 0 Å². The van der Waals surface area contributed by atoms with E-state index in [0.717, 1.165) is 0 Å². The SMILES string of the molecule is C[N+]1(OP(=O)(O)Oc2ccccc2)CCOCC1. The van der Waals surface area contributed by atoms with Gasteiger partial charge in [0.1, 0.15) is 18.8 Å². The van der Waals surface area contributed by atoms with Crippen LogP contribution < -0.4 is 4.52 Å². The first-order valence-corrected chi connectivity index (χ1v) is 7.20. The second-order valence-electron chi connectivity index (χ2n) is 4.31. The summed E-state index contributed by atoms with van der Waals surface area (Å²) in [7, 11) is -2.40. The summed E-state index contributed by atoms with van der Waals surface area (Å²) >= 11 is 0. The number of rotatable bonds is 4. The predicted octanol–water partition coefficient (Wildman–Crippen LogP) is 1.57. The molecule has 1 atom stereocenters. The Kier molecular flexibility index (Phi) is 4.04. The van der Waals surface area contributed by atoms with Crippen molar-refractivity contribution in [1.29, 1.82) is 0 Å². The molecule has 2 rings (SSSR count). The van der Waals surface area contributed by atoms with E-state index in [2.05, 4.69) is 0 Å². The molecule has 1 aliphatic rings. The van der Waals surface area contributed by atoms with Gasteiger partial charge in [-0.3, -0.25) is 4.89 Å². The van der Waals surface area contributed by atoms with Crippen LogP contribution in [0.2, 0.25) is 0 Å². The van der Waals surface area contributed by atoms with Crippen molar-refractivity contribution in [2.75, 3.05) is 33.4 Å². The van der Waals surface area contributed by atoms with Crippen LogP contribution in [0.1, 0.15) is 0 Å². The molecule has 0 spiro atoms. The highest BCUT2D eigenvalue weighted by atomic mass is 31.2. The van der Waals surface area contributed by atoms with E-state index in [9.17, 15) is 9.46 Å². The van der Waals surface area contributed by atoms with E-state index in [1.54, 1.807) is 37.4 Å². The summed E-state index contributed by atoms with van der Waals surface area (Å²) in [5.74, 6) is 0.309. The number of likely N-dealkylation sites (N-methyl/N-ethyl adjacent to an activating group) is 1. The number of benzene rings is 1. The van der Waals surface area contributed by atoms with Crippen LogP contribution in [0.5, 0.6) is 5.75 Å². The molecule has 0 bridgehead atoms. The maximum atomic E-state index is 11.9. The van der Waals surface area contributed by atoms with Crippen LogP contribution in [0.3, 0.4) is 0 Å². The second-order valence-corrected chi connectivity index (χ2v) is 5.59. The van der Waals surface area contributed by atoms with Gasteiger partial charge < -0.3 is 9.26 Å². The molecule has 0 radical (unpaired) electrons. The molecule has 0 aliphatic carbocycles. The fourth-order valence-electron chi connectivity index (χ4n) is 1.69. The number of para-hydroxylation sites is 1. The molecule has 1 saturated heterocycles. The van der Waals surface area contributed by atoms with E-state index in [-0.39, 0.29) is 4.65 Å². The van der Waals surface area contributed by atoms with E-state index in [1.807, 2.05) is 0 Å². The van der Waals surface area contributed by atoms with Gasteiger partial charge in [0.2, 0.25) is 0 Å². The molecular weight excluding hydrogens is 257 g/mol. The van der Waals surface area contributed by atoms with Crippen molar-refractivity contribution in [2.24, 2.45) is 0 Å². The number of hydroxylamine groups is 3. The quantitative estimate of drug-likeness (QED) is 0.667. The third-order valence-corrected chi connectivity index (χ3v) is 3.72. The number of hydrogen-bond acceptors (Lipinski definition) is 4. The first kappa shape index (κ1) is 13.5. The zero-order valence-electron chi connectivity index (χ0n) is 10.2. The molecule has 7 heteroatoms. The van der Waals surface area contributed by atoms with Crippen LogP contribution in [0, 0.1) is 0 Å². The van der Waals surface area contributed by atoms with Crippen LogP contribution in [0.4, 0.5) is 0 Å². The summed E-state index contributed by atoms with van der Waals surface area (Å²) in [6.07, 6.45) is 0. The van der Waals surface area contributed by atoms with Gasteiger partial charge in [-0.1, -0.05) is 22.8 Å². The van der Waals surface area contributed by atoms with Crippen molar-refractivity contribution >= 4 is 7.82 Å². The average molecular weight is 274 g/mol. The van der Waals surface area contributed by atoms with Crippen molar-refractivity contribution in [1.82, 2.24) is 0 Å². The number of nitrogens with zero attached hydrogens (tertiary/aromatic N) is 1. The fourth-order valence-corrected chi connectivity index (χ4v) is 2.77. The van der Waals surface area contributed by atoms with Crippen molar-refractivity contribution < 1.29 is 28.0 Å². The molecule has 0 saturated carbocycles. The van der Waals surface area contributed by atoms with E-state index in [4.69, 9.17) is 13.9 Å². The lowest BCUT2D eigenvalue weighted by Crippen LogP contribution is -2.51. The van der Waals surface area contributed by atoms with Crippen LogP contribution in [-0.2, 0) is 13.9 Å². The van der Waals surface area contributed by atoms with Gasteiger partial charge in [-0.2, -0.15) is 4.65 Å². The third kappa shape index (κ3) is 3.80. The normalized spacial score (nSPS) is 22.1. The lowest BCUT2D eigenvalue weighted by atomic mass is 10.3. The average Bonchev–Trinajstić information content (AvgIpc) is 2.29. The van der Waals surface area contributed by atoms with Gasteiger partial charge in [-0.05, 0) is 12.1 Å². The summed E-state index contributed by atoms with van der Waals surface area (Å²) < 4.78 is 27.3. The van der Waals surface area contributed by atoms with Gasteiger partial charge in [0.25, 0.3) is 0 Å². The highest BCUT2D eigenvalue weighted by Gasteiger charge is 2.39. The molecule has 6 nitrogen and oxygen atoms in total. The largest absolute Gasteiger partial charge is 0.574 e. The lowest BCUT2D eigenvalue weighted by molar-refractivity contribution is -1.07. The van der Waals surface area contributed by atoms with E-state index >= 15 is 0 Å². The van der Waals surface area contributed by atoms with Crippen LogP contribution in [0.15, 0.2) is 30.3 Å². The lowest BCUT2D eigenvalue weighted by Gasteiger charge is -2.34. The first-order chi connectivity index (χ1) is 8.49. The van der Waals surface area contributed by atoms with Gasteiger partial charge in [0.05, 0.1) is 20.3 Å². The number of phosphoric acid groups is 1. The van der Waals surface area contributed by atoms with Crippen LogP contribution in [-0.4, -0.2) is 42.9 Å². The third-order valence-electron chi connectivity index (χ3n) is 2.68. The van der Waals surface area contributed by atoms with E-state index in [1.165, 1.54) is 0 Å². The highest BCUT2D eigenvalue weighted by Crippen LogP contribution is 2.46. The smallest absolute Gasteiger partial charge is 0.401 e. The minimum absolute atomic E-state index is 0.0145. The molecule has 1 fully saturated rings. The number of phosphoric ester groups is 1. The summed E-state index contributed by atoms with van der Waals surface area (Å²) in [5.41, 5.74) is 0. The molecule has 1 heterocycles. The molecule has 18 heavy (non-hydrogen) atoms. The molecule has 1 aromatic carbocycles. The summed E-state index contributed by atoms with van der Waals surface area (Å²) in [5, 5.41) is 0. The Bertz CT molecular complexity index is 432. The van der Waals surface area contributed by atoms with Crippen molar-refractivity contribution in [3.05, 3.63) is 30.3 Å². The molecule has 1 aliphatic heterocycles. The van der Waals surface area contributed by atoms with Crippen LogP contribution in [0.25, 0.3) is 0 Å². The van der Waals surface area contributed by atoms with Crippen molar-refractivity contribution in [3.8, 4) is 5.75 Å². The minimum atomic E-state index is -4.13. The number of morpholine rings is 1. The van der Waals surface area contributed by atoms with Crippen LogP contribution >= 0.6 is 7.82 Å². The molecule has 1 aromatic rings. The van der Waals surface area contributed by atoms with Gasteiger partial charge in [0.15, 0.2) is 0 Å². The zero-order chi connectivity index (χ0) is 13.1. The topological polar surface area (TPSA) is 65.0 Å². The Morgan fingerprint density at radius 1 is 1.28 bits per heavy atom. The molecular formula is C11H17NO5P+. The second kappa shape index (κ2) is 5.38. The Hall–Kier alpha value is -0.910. The zero-order valence-corrected chi connectivity index (χ0v) is 11.1. The Morgan fingerprint density at radius 3 is 2.50 bits per heavy atom. The van der Waals surface area contributed by atoms with E-state index < -0.39 is 7.82 Å². The minimum Gasteiger partial charge on any atom is -0.401 e. The van der Waals surface area contributed by atoms with Crippen molar-refractivity contribution in [3.63, 3.8) is 0 Å². The van der Waals surface area contributed by atoms with Gasteiger partial charge in [0, 0.05) is 0 Å². The van der Waals surface area contributed by atoms with Crippen molar-refractivity contribution in [2.45, 2.75) is 0 Å². The summed E-state index contributed by atoms with van der Waals surface area (Å²) in [4.78, 5) is 9.74. The Morgan fingerprint density at radius 2 is 1.89 bits per heavy atom. The predicted molar refractivity (Wildman–Crippen MR) is 64.7 cm³/mol. The number of hydrogen-bond donors (Lipinski definition) is 1. The molecule has 100 valence electrons. The van der Waals surface area contributed by atoms with E-state index in [0.29, 0.717) is 32.1 Å². The standard InChI is InChI=1S/C11H16NO5P/c1-12(7-9-15-10-8-12)17-18(13,14)16-11-5-3-2-4-6-11/h2-6H,7-10H2,1H3/p+1. The number of ether oxygens (including phenoxy) is 1. The first-order valence-electron chi connectivity index (χ1n) is 5.70. The summed E-state index contributed by atoms with van der Waals surface area (Å²) in [6.45, 7) is 2.04. The van der Waals surface area contributed by atoms with Gasteiger partial charge in [-0.25, -0.2) is 4.57 Å². The maximum absolute atomic E-state index is 11.9. The Labute approximate surface area is 106 Å². The number of quaternary nitrogens is 1. The summed E-state index contributed by atoms with van der Waals surface area (Å²) in [6, 6.07) is 8.45. The monoisotopic (exact) mass is 274 g/mol. The molecule has 1 N–H and O–H groups in total. The molecule has 0 amide bonds. The molecule has 0 aromatic heterocycles. The highest BCUT2D eigenvalue weighted by molar-refractivity contribution is 7.47. The maximum Gasteiger partial charge on any atom is 0.574 e. The molecule has 1 unspecified atom stereocenters.